The molecular weight excluding hydrogens is 219 g/mol. The molecule has 88 valence electrons. The van der Waals surface area contributed by atoms with Crippen LogP contribution in [-0.4, -0.2) is 25.8 Å². The summed E-state index contributed by atoms with van der Waals surface area (Å²) in [7, 11) is -3.24. The maximum absolute atomic E-state index is 11.6. The van der Waals surface area contributed by atoms with Gasteiger partial charge in [-0.15, -0.1) is 0 Å². The third-order valence-corrected chi connectivity index (χ3v) is 2.51. The summed E-state index contributed by atoms with van der Waals surface area (Å²) in [5.41, 5.74) is 0. The predicted molar refractivity (Wildman–Crippen MR) is 56.6 cm³/mol. The van der Waals surface area contributed by atoms with Crippen molar-refractivity contribution in [3.05, 3.63) is 12.3 Å². The van der Waals surface area contributed by atoms with Crippen molar-refractivity contribution < 1.29 is 23.1 Å². The predicted octanol–water partition coefficient (Wildman–Crippen LogP) is 2.33. The Bertz CT molecular complexity index is 274. The van der Waals surface area contributed by atoms with Crippen molar-refractivity contribution in [1.29, 1.82) is 0 Å². The zero-order chi connectivity index (χ0) is 11.9. The summed E-state index contributed by atoms with van der Waals surface area (Å²) in [5.74, 6) is -1.02. The third kappa shape index (κ3) is 6.31. The van der Waals surface area contributed by atoms with E-state index in [1.165, 1.54) is 6.66 Å². The second-order valence-corrected chi connectivity index (χ2v) is 4.82. The summed E-state index contributed by atoms with van der Waals surface area (Å²) in [6.45, 7) is 8.66. The summed E-state index contributed by atoms with van der Waals surface area (Å²) >= 11 is 0. The summed E-state index contributed by atoms with van der Waals surface area (Å²) in [5, 5.41) is 0. The van der Waals surface area contributed by atoms with Gasteiger partial charge in [-0.05, 0) is 19.9 Å². The van der Waals surface area contributed by atoms with E-state index < -0.39 is 13.6 Å². The van der Waals surface area contributed by atoms with Crippen LogP contribution in [0.2, 0.25) is 0 Å². The Morgan fingerprint density at radius 3 is 2.47 bits per heavy atom. The van der Waals surface area contributed by atoms with Gasteiger partial charge in [0.15, 0.2) is 0 Å². The highest BCUT2D eigenvalue weighted by Gasteiger charge is 2.22. The van der Waals surface area contributed by atoms with E-state index in [9.17, 15) is 9.36 Å². The van der Waals surface area contributed by atoms with Gasteiger partial charge < -0.3 is 9.26 Å². The first kappa shape index (κ1) is 14.2. The van der Waals surface area contributed by atoms with Crippen LogP contribution in [0.3, 0.4) is 0 Å². The molecule has 0 aromatic heterocycles. The van der Waals surface area contributed by atoms with Crippen molar-refractivity contribution in [1.82, 2.24) is 0 Å². The van der Waals surface area contributed by atoms with Crippen LogP contribution in [0.4, 0.5) is 0 Å². The Labute approximate surface area is 89.9 Å². The first-order valence-corrected chi connectivity index (χ1v) is 6.69. The molecule has 0 saturated heterocycles. The lowest BCUT2D eigenvalue weighted by Crippen LogP contribution is -2.09. The van der Waals surface area contributed by atoms with Crippen molar-refractivity contribution in [2.75, 3.05) is 19.9 Å². The highest BCUT2D eigenvalue weighted by atomic mass is 31.2. The average Bonchev–Trinajstić information content (AvgIpc) is 2.14. The smallest absolute Gasteiger partial charge is 0.376 e. The van der Waals surface area contributed by atoms with Gasteiger partial charge in [0.1, 0.15) is 0 Å². The molecule has 0 rings (SSSR count). The second kappa shape index (κ2) is 6.64. The van der Waals surface area contributed by atoms with Crippen molar-refractivity contribution >= 4 is 13.6 Å². The SMILES string of the molecule is C=C(OP(C)(=O)OCCC)C(=O)OCC. The topological polar surface area (TPSA) is 61.8 Å². The summed E-state index contributed by atoms with van der Waals surface area (Å²) in [4.78, 5) is 11.1. The molecule has 0 fully saturated rings. The molecule has 0 N–H and O–H groups in total. The van der Waals surface area contributed by atoms with E-state index >= 15 is 0 Å². The maximum Gasteiger partial charge on any atom is 0.376 e. The Morgan fingerprint density at radius 2 is 2.00 bits per heavy atom. The lowest BCUT2D eigenvalue weighted by atomic mass is 10.5. The number of rotatable bonds is 7. The van der Waals surface area contributed by atoms with Crippen LogP contribution >= 0.6 is 7.60 Å². The van der Waals surface area contributed by atoms with Crippen molar-refractivity contribution in [3.63, 3.8) is 0 Å². The highest BCUT2D eigenvalue weighted by Crippen LogP contribution is 2.45. The first-order chi connectivity index (χ1) is 6.93. The van der Waals surface area contributed by atoms with Gasteiger partial charge in [0.2, 0.25) is 5.76 Å². The minimum Gasteiger partial charge on any atom is -0.460 e. The van der Waals surface area contributed by atoms with Gasteiger partial charge >= 0.3 is 13.6 Å². The van der Waals surface area contributed by atoms with Gasteiger partial charge in [-0.1, -0.05) is 6.92 Å². The van der Waals surface area contributed by atoms with Crippen LogP contribution in [0.15, 0.2) is 12.3 Å². The van der Waals surface area contributed by atoms with Crippen molar-refractivity contribution in [3.8, 4) is 0 Å². The zero-order valence-electron chi connectivity index (χ0n) is 9.32. The Hall–Kier alpha value is -0.800. The number of hydrogen-bond donors (Lipinski definition) is 0. The van der Waals surface area contributed by atoms with Crippen molar-refractivity contribution in [2.24, 2.45) is 0 Å². The van der Waals surface area contributed by atoms with Crippen LogP contribution in [0.5, 0.6) is 0 Å². The fourth-order valence-corrected chi connectivity index (χ4v) is 1.77. The number of esters is 1. The van der Waals surface area contributed by atoms with Crippen LogP contribution in [0.25, 0.3) is 0 Å². The van der Waals surface area contributed by atoms with E-state index in [1.807, 2.05) is 6.92 Å². The second-order valence-electron chi connectivity index (χ2n) is 2.84. The molecule has 0 aromatic rings. The zero-order valence-corrected chi connectivity index (χ0v) is 10.2. The fraction of sp³-hybridized carbons (Fsp3) is 0.667. The van der Waals surface area contributed by atoms with Gasteiger partial charge in [-0.2, -0.15) is 0 Å². The van der Waals surface area contributed by atoms with E-state index in [-0.39, 0.29) is 12.4 Å². The quantitative estimate of drug-likeness (QED) is 0.294. The summed E-state index contributed by atoms with van der Waals surface area (Å²) in [6.07, 6.45) is 0.715. The van der Waals surface area contributed by atoms with E-state index in [2.05, 4.69) is 11.3 Å². The van der Waals surface area contributed by atoms with Crippen LogP contribution in [-0.2, 0) is 23.1 Å². The molecule has 1 atom stereocenters. The molecule has 0 saturated carbocycles. The molecule has 0 aromatic carbocycles. The largest absolute Gasteiger partial charge is 0.460 e. The maximum atomic E-state index is 11.6. The Morgan fingerprint density at radius 1 is 1.40 bits per heavy atom. The molecule has 0 bridgehead atoms. The molecule has 1 unspecified atom stereocenters. The fourth-order valence-electron chi connectivity index (χ4n) is 0.732. The summed E-state index contributed by atoms with van der Waals surface area (Å²) in [6, 6.07) is 0. The number of hydrogen-bond acceptors (Lipinski definition) is 5. The number of carbonyl (C=O) groups is 1. The molecule has 0 aliphatic carbocycles. The van der Waals surface area contributed by atoms with Crippen LogP contribution in [0.1, 0.15) is 20.3 Å². The molecule has 0 spiro atoms. The van der Waals surface area contributed by atoms with E-state index in [1.54, 1.807) is 6.92 Å². The molecule has 5 nitrogen and oxygen atoms in total. The van der Waals surface area contributed by atoms with Gasteiger partial charge in [-0.3, -0.25) is 4.52 Å². The highest BCUT2D eigenvalue weighted by molar-refractivity contribution is 7.53. The molecule has 0 heterocycles. The molecule has 0 amide bonds. The lowest BCUT2D eigenvalue weighted by Gasteiger charge is -2.15. The molecule has 0 radical (unpaired) electrons. The Kier molecular flexibility index (Phi) is 6.29. The molecule has 0 aliphatic rings. The monoisotopic (exact) mass is 236 g/mol. The minimum atomic E-state index is -3.24. The Balaban J connectivity index is 4.15. The van der Waals surface area contributed by atoms with Gasteiger partial charge in [-0.25, -0.2) is 9.36 Å². The summed E-state index contributed by atoms with van der Waals surface area (Å²) < 4.78 is 26.0. The standard InChI is InChI=1S/C9H17O5P/c1-5-7-13-15(4,11)14-8(3)9(10)12-6-2/h3,5-7H2,1-2,4H3. The number of carbonyl (C=O) groups excluding carboxylic acids is 1. The van der Waals surface area contributed by atoms with Crippen molar-refractivity contribution in [2.45, 2.75) is 20.3 Å². The van der Waals surface area contributed by atoms with E-state index in [0.29, 0.717) is 13.0 Å². The average molecular weight is 236 g/mol. The lowest BCUT2D eigenvalue weighted by molar-refractivity contribution is -0.141. The van der Waals surface area contributed by atoms with Gasteiger partial charge in [0.05, 0.1) is 13.2 Å². The van der Waals surface area contributed by atoms with Gasteiger partial charge in [0, 0.05) is 6.66 Å². The molecular formula is C9H17O5P. The third-order valence-electron chi connectivity index (χ3n) is 1.31. The number of ether oxygens (including phenoxy) is 1. The van der Waals surface area contributed by atoms with Crippen LogP contribution in [0, 0.1) is 0 Å². The van der Waals surface area contributed by atoms with E-state index in [4.69, 9.17) is 9.05 Å². The van der Waals surface area contributed by atoms with Crippen LogP contribution < -0.4 is 0 Å². The first-order valence-electron chi connectivity index (χ1n) is 4.70. The van der Waals surface area contributed by atoms with E-state index in [0.717, 1.165) is 0 Å². The molecule has 15 heavy (non-hydrogen) atoms. The normalized spacial score (nSPS) is 14.1. The molecule has 6 heteroatoms. The molecule has 0 aliphatic heterocycles. The van der Waals surface area contributed by atoms with Gasteiger partial charge in [0.25, 0.3) is 0 Å². The minimum absolute atomic E-state index is 0.213.